The Hall–Kier alpha value is -1.69. The van der Waals surface area contributed by atoms with Crippen LogP contribution in [0, 0.1) is 0 Å². The molecule has 4 rings (SSSR count). The lowest BCUT2D eigenvalue weighted by Gasteiger charge is -2.48. The summed E-state index contributed by atoms with van der Waals surface area (Å²) in [7, 11) is 0. The van der Waals surface area contributed by atoms with Crippen LogP contribution in [0.3, 0.4) is 0 Å². The molecule has 2 aliphatic rings. The third-order valence-electron chi connectivity index (χ3n) is 5.58. The van der Waals surface area contributed by atoms with Gasteiger partial charge in [0, 0.05) is 13.1 Å². The Labute approximate surface area is 152 Å². The van der Waals surface area contributed by atoms with Gasteiger partial charge in [0.05, 0.1) is 10.9 Å². The summed E-state index contributed by atoms with van der Waals surface area (Å²) in [4.78, 5) is 17.9. The average molecular weight is 356 g/mol. The number of amides is 1. The van der Waals surface area contributed by atoms with Gasteiger partial charge >= 0.3 is 0 Å². The Kier molecular flexibility index (Phi) is 4.63. The van der Waals surface area contributed by atoms with Crippen molar-refractivity contribution < 1.29 is 9.90 Å². The number of piperidine rings is 1. The number of nitrogens with zero attached hydrogens (tertiary/aromatic N) is 2. The smallest absolute Gasteiger partial charge is 0.263 e. The van der Waals surface area contributed by atoms with Crippen LogP contribution in [0.1, 0.15) is 34.5 Å². The molecule has 0 aliphatic carbocycles. The van der Waals surface area contributed by atoms with Crippen molar-refractivity contribution in [2.24, 2.45) is 0 Å². The second-order valence-corrected chi connectivity index (χ2v) is 7.98. The summed E-state index contributed by atoms with van der Waals surface area (Å²) in [5.74, 6) is 0.0920. The van der Waals surface area contributed by atoms with Gasteiger partial charge in [-0.2, -0.15) is 0 Å². The maximum absolute atomic E-state index is 12.8. The van der Waals surface area contributed by atoms with Crippen LogP contribution >= 0.6 is 11.3 Å². The van der Waals surface area contributed by atoms with E-state index < -0.39 is 5.60 Å². The predicted octanol–water partition coefficient (Wildman–Crippen LogP) is 2.95. The van der Waals surface area contributed by atoms with Gasteiger partial charge in [-0.3, -0.25) is 9.69 Å². The molecule has 25 heavy (non-hydrogen) atoms. The molecule has 0 saturated carbocycles. The van der Waals surface area contributed by atoms with Crippen LogP contribution in [0.25, 0.3) is 0 Å². The molecular weight excluding hydrogens is 332 g/mol. The van der Waals surface area contributed by atoms with E-state index >= 15 is 0 Å². The molecular formula is C20H24N2O2S. The number of thiophene rings is 1. The molecule has 2 atom stereocenters. The second kappa shape index (κ2) is 6.90. The first-order chi connectivity index (χ1) is 12.2. The highest BCUT2D eigenvalue weighted by Gasteiger charge is 2.47. The van der Waals surface area contributed by atoms with E-state index in [9.17, 15) is 9.90 Å². The number of hydrogen-bond donors (Lipinski definition) is 1. The molecule has 2 saturated heterocycles. The summed E-state index contributed by atoms with van der Waals surface area (Å²) in [6, 6.07) is 13.7. The molecule has 0 spiro atoms. The maximum atomic E-state index is 12.8. The predicted molar refractivity (Wildman–Crippen MR) is 99.8 cm³/mol. The molecule has 132 valence electrons. The Morgan fingerprint density at radius 3 is 2.52 bits per heavy atom. The summed E-state index contributed by atoms with van der Waals surface area (Å²) < 4.78 is 0. The minimum absolute atomic E-state index is 0.0462. The Balaban J connectivity index is 1.62. The first-order valence-corrected chi connectivity index (χ1v) is 9.91. The summed E-state index contributed by atoms with van der Waals surface area (Å²) in [6.07, 6.45) is 2.91. The SMILES string of the molecule is O=C(c1cccs1)N1CCC(O)(c2ccccc2)C(N2CCCC2)C1. The quantitative estimate of drug-likeness (QED) is 0.920. The van der Waals surface area contributed by atoms with Crippen molar-refractivity contribution in [1.29, 1.82) is 0 Å². The third-order valence-corrected chi connectivity index (χ3v) is 6.44. The number of aliphatic hydroxyl groups is 1. The van der Waals surface area contributed by atoms with E-state index in [-0.39, 0.29) is 11.9 Å². The molecule has 2 aliphatic heterocycles. The van der Waals surface area contributed by atoms with E-state index in [0.717, 1.165) is 23.5 Å². The van der Waals surface area contributed by atoms with Crippen LogP contribution in [-0.4, -0.2) is 53.0 Å². The van der Waals surface area contributed by atoms with E-state index in [0.29, 0.717) is 19.5 Å². The van der Waals surface area contributed by atoms with Gasteiger partial charge in [-0.1, -0.05) is 36.4 Å². The first-order valence-electron chi connectivity index (χ1n) is 9.03. The summed E-state index contributed by atoms with van der Waals surface area (Å²) in [5, 5.41) is 13.6. The Bertz CT molecular complexity index is 713. The van der Waals surface area contributed by atoms with Crippen LogP contribution in [0.4, 0.5) is 0 Å². The van der Waals surface area contributed by atoms with Gasteiger partial charge in [-0.05, 0) is 49.4 Å². The minimum Gasteiger partial charge on any atom is -0.383 e. The van der Waals surface area contributed by atoms with Gasteiger partial charge in [0.2, 0.25) is 0 Å². The number of likely N-dealkylation sites (tertiary alicyclic amines) is 2. The fraction of sp³-hybridized carbons (Fsp3) is 0.450. The van der Waals surface area contributed by atoms with Crippen LogP contribution in [0.2, 0.25) is 0 Å². The van der Waals surface area contributed by atoms with Gasteiger partial charge in [-0.25, -0.2) is 0 Å². The highest BCUT2D eigenvalue weighted by molar-refractivity contribution is 7.12. The van der Waals surface area contributed by atoms with Gasteiger partial charge in [0.15, 0.2) is 0 Å². The fourth-order valence-corrected chi connectivity index (χ4v) is 4.89. The first kappa shape index (κ1) is 16.8. The molecule has 5 heteroatoms. The lowest BCUT2D eigenvalue weighted by atomic mass is 9.79. The number of rotatable bonds is 3. The minimum atomic E-state index is -0.891. The highest BCUT2D eigenvalue weighted by Crippen LogP contribution is 2.37. The zero-order valence-electron chi connectivity index (χ0n) is 14.3. The van der Waals surface area contributed by atoms with Crippen LogP contribution in [-0.2, 0) is 5.60 Å². The van der Waals surface area contributed by atoms with Gasteiger partial charge in [0.1, 0.15) is 5.60 Å². The largest absolute Gasteiger partial charge is 0.383 e. The average Bonchev–Trinajstić information content (AvgIpc) is 3.36. The molecule has 1 aromatic heterocycles. The number of carbonyl (C=O) groups is 1. The van der Waals surface area contributed by atoms with Gasteiger partial charge in [-0.15, -0.1) is 11.3 Å². The molecule has 1 amide bonds. The molecule has 1 N–H and O–H groups in total. The Morgan fingerprint density at radius 2 is 1.84 bits per heavy atom. The summed E-state index contributed by atoms with van der Waals surface area (Å²) in [5.41, 5.74) is 0.0767. The van der Waals surface area contributed by atoms with E-state index in [1.54, 1.807) is 0 Å². The zero-order valence-corrected chi connectivity index (χ0v) is 15.1. The van der Waals surface area contributed by atoms with Gasteiger partial charge in [0.25, 0.3) is 5.91 Å². The van der Waals surface area contributed by atoms with Crippen molar-refractivity contribution in [3.05, 3.63) is 58.3 Å². The molecule has 4 nitrogen and oxygen atoms in total. The monoisotopic (exact) mass is 356 g/mol. The molecule has 1 aromatic carbocycles. The number of carbonyl (C=O) groups excluding carboxylic acids is 1. The number of benzene rings is 1. The number of hydrogen-bond acceptors (Lipinski definition) is 4. The van der Waals surface area contributed by atoms with Crippen molar-refractivity contribution in [3.8, 4) is 0 Å². The van der Waals surface area contributed by atoms with Crippen molar-refractivity contribution in [2.75, 3.05) is 26.2 Å². The molecule has 2 unspecified atom stereocenters. The molecule has 0 bridgehead atoms. The zero-order chi connectivity index (χ0) is 17.3. The van der Waals surface area contributed by atoms with E-state index in [2.05, 4.69) is 4.90 Å². The molecule has 2 aromatic rings. The van der Waals surface area contributed by atoms with E-state index in [1.165, 1.54) is 24.2 Å². The highest BCUT2D eigenvalue weighted by atomic mass is 32.1. The van der Waals surface area contributed by atoms with Crippen molar-refractivity contribution >= 4 is 17.2 Å². The second-order valence-electron chi connectivity index (χ2n) is 7.03. The van der Waals surface area contributed by atoms with E-state index in [1.807, 2.05) is 52.7 Å². The van der Waals surface area contributed by atoms with Crippen molar-refractivity contribution in [2.45, 2.75) is 30.9 Å². The van der Waals surface area contributed by atoms with Crippen molar-refractivity contribution in [3.63, 3.8) is 0 Å². The van der Waals surface area contributed by atoms with Crippen molar-refractivity contribution in [1.82, 2.24) is 9.80 Å². The van der Waals surface area contributed by atoms with E-state index in [4.69, 9.17) is 0 Å². The fourth-order valence-electron chi connectivity index (χ4n) is 4.20. The third kappa shape index (κ3) is 3.12. The van der Waals surface area contributed by atoms with Crippen LogP contribution < -0.4 is 0 Å². The normalized spacial score (nSPS) is 27.6. The van der Waals surface area contributed by atoms with Crippen LogP contribution in [0.15, 0.2) is 47.8 Å². The lowest BCUT2D eigenvalue weighted by molar-refractivity contribution is -0.0877. The molecule has 3 heterocycles. The molecule has 2 fully saturated rings. The van der Waals surface area contributed by atoms with Crippen LogP contribution in [0.5, 0.6) is 0 Å². The molecule has 0 radical (unpaired) electrons. The summed E-state index contributed by atoms with van der Waals surface area (Å²) >= 11 is 1.49. The topological polar surface area (TPSA) is 43.8 Å². The Morgan fingerprint density at radius 1 is 1.08 bits per heavy atom. The van der Waals surface area contributed by atoms with Gasteiger partial charge < -0.3 is 10.0 Å². The maximum Gasteiger partial charge on any atom is 0.263 e. The summed E-state index contributed by atoms with van der Waals surface area (Å²) in [6.45, 7) is 3.18. The lowest BCUT2D eigenvalue weighted by Crippen LogP contribution is -2.61. The standard InChI is InChI=1S/C20H24N2O2S/c23-19(17-9-6-14-25-17)22-13-10-20(24,16-7-2-1-3-8-16)18(15-22)21-11-4-5-12-21/h1-3,6-9,14,18,24H,4-5,10-13,15H2.